The highest BCUT2D eigenvalue weighted by atomic mass is 19.3. The molecule has 1 heterocycles. The van der Waals surface area contributed by atoms with Crippen molar-refractivity contribution in [2.24, 2.45) is 11.8 Å². The lowest BCUT2D eigenvalue weighted by molar-refractivity contribution is -0.132. The molecule has 0 spiro atoms. The summed E-state index contributed by atoms with van der Waals surface area (Å²) >= 11 is 0. The highest BCUT2D eigenvalue weighted by Crippen LogP contribution is 2.39. The molecule has 0 unspecified atom stereocenters. The molecule has 1 aromatic rings. The van der Waals surface area contributed by atoms with Gasteiger partial charge in [0.25, 0.3) is 0 Å². The molecule has 1 aromatic heterocycles. The fourth-order valence-electron chi connectivity index (χ4n) is 3.20. The van der Waals surface area contributed by atoms with E-state index in [4.69, 9.17) is 9.84 Å². The number of alkyl halides is 2. The Labute approximate surface area is 158 Å². The van der Waals surface area contributed by atoms with Gasteiger partial charge in [-0.1, -0.05) is 18.7 Å². The zero-order valence-corrected chi connectivity index (χ0v) is 15.7. The third-order valence-electron chi connectivity index (χ3n) is 4.92. The van der Waals surface area contributed by atoms with Gasteiger partial charge in [-0.2, -0.15) is 0 Å². The van der Waals surface area contributed by atoms with Gasteiger partial charge in [0.05, 0.1) is 19.0 Å². The van der Waals surface area contributed by atoms with Gasteiger partial charge in [0.2, 0.25) is 11.8 Å². The maximum atomic E-state index is 13.4. The van der Waals surface area contributed by atoms with Gasteiger partial charge in [0.1, 0.15) is 0 Å². The standard InChI is InChI=1S/C20H26F2N2O3/c1-13(19(25)26)11-23-17-10-15(18(27-3)24-12-17)7-4-14-5-8-16(9-6-14)20(2,21)22/h4,7,10,12,14,16,23H,1,5-6,8-9,11H2,2-3H3,(H,25,26)/b7-4+. The van der Waals surface area contributed by atoms with E-state index < -0.39 is 17.8 Å². The van der Waals surface area contributed by atoms with Crippen LogP contribution in [0.15, 0.2) is 30.5 Å². The number of hydrogen-bond donors (Lipinski definition) is 2. The number of ether oxygens (including phenoxy) is 1. The van der Waals surface area contributed by atoms with Crippen molar-refractivity contribution in [1.29, 1.82) is 0 Å². The molecule has 0 atom stereocenters. The van der Waals surface area contributed by atoms with Crippen molar-refractivity contribution in [3.05, 3.63) is 36.1 Å². The molecular formula is C20H26F2N2O3. The van der Waals surface area contributed by atoms with Crippen molar-refractivity contribution >= 4 is 17.7 Å². The number of carboxylic acids is 1. The second-order valence-electron chi connectivity index (χ2n) is 7.01. The SMILES string of the molecule is C=C(CNc1cnc(OC)c(/C=C/C2CCC(C(C)(F)F)CC2)c1)C(=O)O. The largest absolute Gasteiger partial charge is 0.481 e. The predicted octanol–water partition coefficient (Wildman–Crippen LogP) is 4.62. The van der Waals surface area contributed by atoms with Crippen molar-refractivity contribution in [3.8, 4) is 5.88 Å². The van der Waals surface area contributed by atoms with Crippen molar-refractivity contribution < 1.29 is 23.4 Å². The van der Waals surface area contributed by atoms with Gasteiger partial charge in [-0.15, -0.1) is 0 Å². The fraction of sp³-hybridized carbons (Fsp3) is 0.500. The summed E-state index contributed by atoms with van der Waals surface area (Å²) in [7, 11) is 1.52. The lowest BCUT2D eigenvalue weighted by Gasteiger charge is -2.30. The highest BCUT2D eigenvalue weighted by Gasteiger charge is 2.36. The molecule has 2 N–H and O–H groups in total. The van der Waals surface area contributed by atoms with Crippen molar-refractivity contribution in [2.75, 3.05) is 19.0 Å². The molecule has 1 fully saturated rings. The van der Waals surface area contributed by atoms with Crippen LogP contribution in [0.3, 0.4) is 0 Å². The third-order valence-corrected chi connectivity index (χ3v) is 4.92. The minimum absolute atomic E-state index is 0.0485. The summed E-state index contributed by atoms with van der Waals surface area (Å²) in [4.78, 5) is 15.0. The molecule has 1 saturated carbocycles. The Morgan fingerprint density at radius 1 is 1.44 bits per heavy atom. The number of nitrogens with zero attached hydrogens (tertiary/aromatic N) is 1. The van der Waals surface area contributed by atoms with Gasteiger partial charge in [-0.3, -0.25) is 0 Å². The minimum Gasteiger partial charge on any atom is -0.481 e. The van der Waals surface area contributed by atoms with E-state index in [1.807, 2.05) is 18.2 Å². The summed E-state index contributed by atoms with van der Waals surface area (Å²) in [5.74, 6) is -3.51. The van der Waals surface area contributed by atoms with Gasteiger partial charge in [0, 0.05) is 23.6 Å². The molecule has 0 amide bonds. The minimum atomic E-state index is -2.61. The van der Waals surface area contributed by atoms with Crippen molar-refractivity contribution in [3.63, 3.8) is 0 Å². The van der Waals surface area contributed by atoms with Gasteiger partial charge in [0.15, 0.2) is 0 Å². The second-order valence-corrected chi connectivity index (χ2v) is 7.01. The zero-order valence-electron chi connectivity index (χ0n) is 15.7. The number of aliphatic carboxylic acids is 1. The summed E-state index contributed by atoms with van der Waals surface area (Å²) in [5, 5.41) is 11.8. The molecule has 0 radical (unpaired) electrons. The van der Waals surface area contributed by atoms with E-state index in [0.29, 0.717) is 24.4 Å². The molecule has 0 saturated heterocycles. The molecule has 7 heteroatoms. The van der Waals surface area contributed by atoms with Crippen LogP contribution in [-0.2, 0) is 4.79 Å². The van der Waals surface area contributed by atoms with Crippen LogP contribution in [0.2, 0.25) is 0 Å². The number of carboxylic acid groups (broad SMARTS) is 1. The summed E-state index contributed by atoms with van der Waals surface area (Å²) in [6, 6.07) is 1.81. The molecule has 0 bridgehead atoms. The number of halogens is 2. The summed E-state index contributed by atoms with van der Waals surface area (Å²) in [6.07, 6.45) is 7.97. The van der Waals surface area contributed by atoms with Crippen molar-refractivity contribution in [1.82, 2.24) is 4.98 Å². The number of nitrogens with one attached hydrogen (secondary N) is 1. The first-order chi connectivity index (χ1) is 12.7. The second kappa shape index (κ2) is 8.97. The van der Waals surface area contributed by atoms with E-state index in [-0.39, 0.29) is 18.0 Å². The molecule has 2 rings (SSSR count). The molecule has 1 aliphatic carbocycles. The van der Waals surface area contributed by atoms with E-state index in [1.165, 1.54) is 7.11 Å². The number of rotatable bonds is 8. The lowest BCUT2D eigenvalue weighted by atomic mass is 9.79. The fourth-order valence-corrected chi connectivity index (χ4v) is 3.20. The average Bonchev–Trinajstić information content (AvgIpc) is 2.63. The first kappa shape index (κ1) is 20.9. The van der Waals surface area contributed by atoms with Crippen LogP contribution in [-0.4, -0.2) is 35.6 Å². The predicted molar refractivity (Wildman–Crippen MR) is 101 cm³/mol. The van der Waals surface area contributed by atoms with Crippen molar-refractivity contribution in [2.45, 2.75) is 38.5 Å². The summed E-state index contributed by atoms with van der Waals surface area (Å²) in [5.41, 5.74) is 1.44. The van der Waals surface area contributed by atoms with E-state index in [0.717, 1.165) is 25.3 Å². The Balaban J connectivity index is 2.02. The monoisotopic (exact) mass is 380 g/mol. The third kappa shape index (κ3) is 6.05. The number of methoxy groups -OCH3 is 1. The summed E-state index contributed by atoms with van der Waals surface area (Å²) < 4.78 is 32.1. The van der Waals surface area contributed by atoms with Crippen LogP contribution in [0.5, 0.6) is 5.88 Å². The van der Waals surface area contributed by atoms with Crippen LogP contribution in [0.1, 0.15) is 38.2 Å². The number of allylic oxidation sites excluding steroid dienone is 1. The smallest absolute Gasteiger partial charge is 0.332 e. The number of pyridine rings is 1. The van der Waals surface area contributed by atoms with Gasteiger partial charge in [-0.05, 0) is 44.6 Å². The van der Waals surface area contributed by atoms with E-state index in [1.54, 1.807) is 6.20 Å². The molecule has 27 heavy (non-hydrogen) atoms. The normalized spacial score (nSPS) is 20.4. The van der Waals surface area contributed by atoms with E-state index >= 15 is 0 Å². The van der Waals surface area contributed by atoms with Crippen LogP contribution in [0, 0.1) is 11.8 Å². The Morgan fingerprint density at radius 3 is 2.67 bits per heavy atom. The molecule has 148 valence electrons. The van der Waals surface area contributed by atoms with Crippen LogP contribution >= 0.6 is 0 Å². The first-order valence-electron chi connectivity index (χ1n) is 8.95. The number of aromatic nitrogens is 1. The van der Waals surface area contributed by atoms with Crippen LogP contribution in [0.25, 0.3) is 6.08 Å². The molecular weight excluding hydrogens is 354 g/mol. The van der Waals surface area contributed by atoms with Gasteiger partial charge < -0.3 is 15.2 Å². The van der Waals surface area contributed by atoms with Crippen LogP contribution < -0.4 is 10.1 Å². The Hall–Kier alpha value is -2.44. The Morgan fingerprint density at radius 2 is 2.11 bits per heavy atom. The number of hydrogen-bond acceptors (Lipinski definition) is 4. The maximum absolute atomic E-state index is 13.4. The summed E-state index contributed by atoms with van der Waals surface area (Å²) in [6.45, 7) is 4.57. The van der Waals surface area contributed by atoms with E-state index in [2.05, 4.69) is 16.9 Å². The molecule has 1 aliphatic rings. The van der Waals surface area contributed by atoms with Gasteiger partial charge >= 0.3 is 5.97 Å². The van der Waals surface area contributed by atoms with Gasteiger partial charge in [-0.25, -0.2) is 18.6 Å². The number of carbonyl (C=O) groups is 1. The average molecular weight is 380 g/mol. The quantitative estimate of drug-likeness (QED) is 0.644. The maximum Gasteiger partial charge on any atom is 0.332 e. The van der Waals surface area contributed by atoms with Crippen LogP contribution in [0.4, 0.5) is 14.5 Å². The topological polar surface area (TPSA) is 71.5 Å². The molecule has 0 aliphatic heterocycles. The lowest BCUT2D eigenvalue weighted by Crippen LogP contribution is -2.28. The molecule has 5 nitrogen and oxygen atoms in total. The first-order valence-corrected chi connectivity index (χ1v) is 8.95. The zero-order chi connectivity index (χ0) is 20.0. The van der Waals surface area contributed by atoms with E-state index in [9.17, 15) is 13.6 Å². The number of anilines is 1. The molecule has 0 aromatic carbocycles. The Bertz CT molecular complexity index is 706. The Kier molecular flexibility index (Phi) is 6.93. The highest BCUT2D eigenvalue weighted by molar-refractivity contribution is 5.86.